The standard InChI is InChI=1S/C82H90Cl2N10O23/c1-37(2)13-10-8-6-7-9-11-14-59(100)88-68-70(102)71(103)73(81(111)112)117-82(68)116-72-57-31-42-32-58(72)115-55-24-19-41(29-49(55)83)69(101)67-80(110)92-65(75(105)86-25-12-26-94(4)5)47-33-43(95)34-53(98)60(47)46-28-39(17-22-51(46)96)63(77(107)93-67)89-78(108)64(42)90-79(109)66-48-35-45(36-54(99)61(48)84)114-56-30-40(18-23-52(56)97)62(85-3)76(106)87-50(74(104)91-66)27-38-15-20-44(113-57)21-16-38/h15-24,28-37,50,62-71,73,82,85,95-99,101-103H,6-14,25-27H2,1-5H3,(H,86,105)(H,87,106)(H,88,100)(H,89,108)(H,90,109)(H,91,104)(H,92,110)(H,93,107)(H,111,112)/t50-,62-,63-,64-,65+,66+,67+,68-,69-,70-,71+,73+,82-/m1/s1. The van der Waals surface area contributed by atoms with Gasteiger partial charge in [-0.25, -0.2) is 4.79 Å². The molecule has 13 atom stereocenters. The topological polar surface area (TPSA) is 493 Å². The van der Waals surface area contributed by atoms with E-state index in [-0.39, 0.29) is 70.2 Å². The van der Waals surface area contributed by atoms with Crippen LogP contribution in [0.5, 0.6) is 69.0 Å². The van der Waals surface area contributed by atoms with Gasteiger partial charge in [0.05, 0.1) is 10.0 Å². The number of benzene rings is 7. The Morgan fingerprint density at radius 2 is 1.22 bits per heavy atom. The molecule has 8 amide bonds. The molecule has 0 unspecified atom stereocenters. The van der Waals surface area contributed by atoms with Crippen molar-refractivity contribution in [2.45, 2.75) is 157 Å². The summed E-state index contributed by atoms with van der Waals surface area (Å²) in [6.45, 7) is 4.77. The van der Waals surface area contributed by atoms with Crippen LogP contribution in [0, 0.1) is 5.92 Å². The van der Waals surface area contributed by atoms with Crippen LogP contribution in [0.25, 0.3) is 11.1 Å². The van der Waals surface area contributed by atoms with Crippen molar-refractivity contribution in [1.82, 2.24) is 52.8 Å². The van der Waals surface area contributed by atoms with Crippen LogP contribution in [-0.2, 0) is 54.3 Å². The molecule has 0 radical (unpaired) electrons. The smallest absolute Gasteiger partial charge is 0.335 e. The van der Waals surface area contributed by atoms with E-state index in [1.54, 1.807) is 14.1 Å². The molecule has 1 saturated heterocycles. The number of nitrogens with zero attached hydrogens (tertiary/aromatic N) is 1. The lowest BCUT2D eigenvalue weighted by Crippen LogP contribution is -2.66. The molecule has 7 aliphatic rings. The van der Waals surface area contributed by atoms with E-state index in [0.717, 1.165) is 92.8 Å². The van der Waals surface area contributed by atoms with E-state index in [4.69, 9.17) is 46.9 Å². The molecule has 0 saturated carbocycles. The van der Waals surface area contributed by atoms with Crippen molar-refractivity contribution in [1.29, 1.82) is 0 Å². The number of carboxylic acid groups (broad SMARTS) is 1. The molecule has 1 fully saturated rings. The number of phenolic OH excluding ortho intramolecular Hbond substituents is 5. The Morgan fingerprint density at radius 1 is 0.581 bits per heavy atom. The van der Waals surface area contributed by atoms with Crippen molar-refractivity contribution in [2.24, 2.45) is 5.92 Å². The maximum Gasteiger partial charge on any atom is 0.335 e. The average Bonchev–Trinajstić information content (AvgIpc) is 0.765. The highest BCUT2D eigenvalue weighted by atomic mass is 35.5. The normalized spacial score (nSPS) is 23.2. The second-order valence-corrected chi connectivity index (χ2v) is 30.7. The molecule has 0 aromatic heterocycles. The van der Waals surface area contributed by atoms with Crippen molar-refractivity contribution in [3.63, 3.8) is 0 Å². The van der Waals surface area contributed by atoms with E-state index < -0.39 is 205 Å². The van der Waals surface area contributed by atoms with E-state index in [2.05, 4.69) is 61.7 Å². The van der Waals surface area contributed by atoms with Gasteiger partial charge >= 0.3 is 5.97 Å². The lowest BCUT2D eigenvalue weighted by atomic mass is 9.89. The zero-order valence-electron chi connectivity index (χ0n) is 64.0. The van der Waals surface area contributed by atoms with Crippen molar-refractivity contribution in [2.75, 3.05) is 34.2 Å². The number of likely N-dealkylation sites (N-methyl/N-ethyl adjacent to an activating group) is 1. The van der Waals surface area contributed by atoms with Crippen LogP contribution in [0.1, 0.15) is 147 Å². The zero-order valence-corrected chi connectivity index (χ0v) is 65.5. The van der Waals surface area contributed by atoms with Crippen molar-refractivity contribution >= 4 is 76.4 Å². The molecule has 7 aliphatic heterocycles. The van der Waals surface area contributed by atoms with E-state index in [1.807, 2.05) is 4.90 Å². The number of hydrogen-bond donors (Lipinski definition) is 18. The summed E-state index contributed by atoms with van der Waals surface area (Å²) in [6, 6.07) is 6.90. The maximum absolute atomic E-state index is 16.6. The summed E-state index contributed by atoms with van der Waals surface area (Å²) in [6.07, 6.45) is -5.33. The third-order valence-corrected chi connectivity index (χ3v) is 21.4. The molecule has 620 valence electrons. The van der Waals surface area contributed by atoms with Gasteiger partial charge in [0.1, 0.15) is 107 Å². The molecule has 7 aromatic carbocycles. The third kappa shape index (κ3) is 19.4. The Bertz CT molecular complexity index is 4980. The summed E-state index contributed by atoms with van der Waals surface area (Å²) in [5, 5.41) is 128. The second-order valence-electron chi connectivity index (χ2n) is 29.9. The number of halogens is 2. The molecule has 14 rings (SSSR count). The largest absolute Gasteiger partial charge is 0.508 e. The minimum atomic E-state index is -2.37. The fourth-order valence-corrected chi connectivity index (χ4v) is 15.0. The highest BCUT2D eigenvalue weighted by molar-refractivity contribution is 6.33. The fourth-order valence-electron chi connectivity index (χ4n) is 14.5. The van der Waals surface area contributed by atoms with Crippen LogP contribution in [-0.4, -0.2) is 181 Å². The number of carboxylic acids is 1. The van der Waals surface area contributed by atoms with Gasteiger partial charge in [0.25, 0.3) is 0 Å². The van der Waals surface area contributed by atoms with Gasteiger partial charge in [-0.1, -0.05) is 106 Å². The molecule has 0 spiro atoms. The van der Waals surface area contributed by atoms with Crippen LogP contribution in [0.3, 0.4) is 0 Å². The molecule has 18 N–H and O–H groups in total. The van der Waals surface area contributed by atoms with E-state index >= 15 is 24.0 Å². The molecular weight excluding hydrogens is 1560 g/mol. The Kier molecular flexibility index (Phi) is 26.5. The first kappa shape index (κ1) is 84.7. The fraction of sp³-hybridized carbons (Fsp3) is 0.378. The molecule has 7 heterocycles. The van der Waals surface area contributed by atoms with E-state index in [9.17, 15) is 65.1 Å². The summed E-state index contributed by atoms with van der Waals surface area (Å²) in [4.78, 5) is 138. The van der Waals surface area contributed by atoms with Crippen molar-refractivity contribution < 1.29 is 113 Å². The van der Waals surface area contributed by atoms with Crippen LogP contribution < -0.4 is 66.8 Å². The Labute approximate surface area is 680 Å². The van der Waals surface area contributed by atoms with Crippen LogP contribution in [0.4, 0.5) is 0 Å². The molecule has 7 aromatic rings. The summed E-state index contributed by atoms with van der Waals surface area (Å²) in [7, 11) is 5.04. The van der Waals surface area contributed by atoms with Crippen LogP contribution in [0.15, 0.2) is 115 Å². The minimum absolute atomic E-state index is 0.000704. The number of aliphatic carboxylic acids is 1. The number of unbranched alkanes of at least 4 members (excludes halogenated alkanes) is 5. The SMILES string of the molecule is CN[C@H]1C(=O)N[C@@H]2Cc3ccc(cc3)Oc3cc4cc(c3O[C@@H]3O[C@H](C(=O)O)[C@@H](O)[C@H](O)[C@H]3NC(=O)CCCCCCCCC(C)C)Oc3ccc(cc3Cl)[C@@H](O)[C@@H]3NC(=O)[C@H](NC(=O)[C@@H]4NC(=O)[C@@H](NC2=O)c2cc(cc(O)c2Cl)Oc2cc1ccc2O)c1ccc(O)c(c1)-c1c(O)cc(O)cc1[C@@H](C(=O)NCCCN(C)C)NC3=O. The highest BCUT2D eigenvalue weighted by Crippen LogP contribution is 2.50. The van der Waals surface area contributed by atoms with Gasteiger partial charge < -0.3 is 122 Å². The number of rotatable bonds is 19. The molecule has 117 heavy (non-hydrogen) atoms. The first-order valence-corrected chi connectivity index (χ1v) is 38.7. The number of carbonyl (C=O) groups excluding carboxylic acids is 8. The van der Waals surface area contributed by atoms with Gasteiger partial charge in [0.2, 0.25) is 59.3 Å². The van der Waals surface area contributed by atoms with Gasteiger partial charge in [-0.3, -0.25) is 38.4 Å². The molecule has 17 bridgehead atoms. The number of ether oxygens (including phenoxy) is 5. The number of aliphatic hydroxyl groups excluding tert-OH is 3. The van der Waals surface area contributed by atoms with Crippen LogP contribution >= 0.6 is 23.2 Å². The first-order valence-electron chi connectivity index (χ1n) is 38.0. The van der Waals surface area contributed by atoms with Crippen LogP contribution in [0.2, 0.25) is 10.0 Å². The predicted molar refractivity (Wildman–Crippen MR) is 419 cm³/mol. The maximum atomic E-state index is 16.6. The summed E-state index contributed by atoms with van der Waals surface area (Å²) in [5.74, 6) is -16.5. The molecule has 0 aliphatic carbocycles. The van der Waals surface area contributed by atoms with Gasteiger partial charge in [0, 0.05) is 48.2 Å². The third-order valence-electron chi connectivity index (χ3n) is 20.7. The summed E-state index contributed by atoms with van der Waals surface area (Å²) < 4.78 is 32.3. The lowest BCUT2D eigenvalue weighted by molar-refractivity contribution is -0.241. The number of carbonyl (C=O) groups is 9. The Balaban J connectivity index is 1.08. The zero-order chi connectivity index (χ0) is 84.0. The van der Waals surface area contributed by atoms with E-state index in [1.165, 1.54) is 61.6 Å². The number of phenols is 5. The monoisotopic (exact) mass is 1650 g/mol. The lowest BCUT2D eigenvalue weighted by Gasteiger charge is -2.41. The van der Waals surface area contributed by atoms with Gasteiger partial charge in [-0.2, -0.15) is 0 Å². The average molecular weight is 1650 g/mol. The second kappa shape index (κ2) is 36.6. The van der Waals surface area contributed by atoms with Crippen molar-refractivity contribution in [3.05, 3.63) is 164 Å². The Hall–Kier alpha value is -11.7. The predicted octanol–water partition coefficient (Wildman–Crippen LogP) is 6.69. The van der Waals surface area contributed by atoms with Crippen molar-refractivity contribution in [3.8, 4) is 80.1 Å². The first-order chi connectivity index (χ1) is 55.8. The molecular formula is C82H90Cl2N10O23. The molecule has 33 nitrogen and oxygen atoms in total. The highest BCUT2D eigenvalue weighted by Gasteiger charge is 2.51. The van der Waals surface area contributed by atoms with Gasteiger partial charge in [-0.05, 0) is 153 Å². The number of amides is 8. The van der Waals surface area contributed by atoms with Gasteiger partial charge in [-0.15, -0.1) is 0 Å². The quantitative estimate of drug-likeness (QED) is 0.0375. The summed E-state index contributed by atoms with van der Waals surface area (Å²) in [5.41, 5.74) is -2.06. The number of nitrogens with one attached hydrogen (secondary N) is 9. The van der Waals surface area contributed by atoms with E-state index in [0.29, 0.717) is 37.3 Å². The Morgan fingerprint density at radius 3 is 1.92 bits per heavy atom. The minimum Gasteiger partial charge on any atom is -0.508 e. The van der Waals surface area contributed by atoms with Gasteiger partial charge in [0.15, 0.2) is 29.1 Å². The summed E-state index contributed by atoms with van der Waals surface area (Å²) >= 11 is 14.2. The molecule has 35 heteroatoms. The number of fused-ring (bicyclic) bond motifs is 14. The number of aromatic hydroxyl groups is 5. The number of aliphatic hydroxyl groups is 3. The number of hydrogen-bond acceptors (Lipinski definition) is 24.